The van der Waals surface area contributed by atoms with Gasteiger partial charge in [-0.05, 0) is 37.5 Å². The third-order valence-corrected chi connectivity index (χ3v) is 5.46. The molecular weight excluding hydrogens is 300 g/mol. The summed E-state index contributed by atoms with van der Waals surface area (Å²) in [4.78, 5) is 16.8. The third kappa shape index (κ3) is 2.75. The maximum absolute atomic E-state index is 12.4. The van der Waals surface area contributed by atoms with Crippen molar-refractivity contribution in [1.29, 1.82) is 0 Å². The Hall–Kier alpha value is -2.07. The maximum atomic E-state index is 12.4. The summed E-state index contributed by atoms with van der Waals surface area (Å²) in [5.41, 5.74) is 2.42. The Balaban J connectivity index is 1.59. The van der Waals surface area contributed by atoms with Crippen LogP contribution in [0.25, 0.3) is 11.3 Å². The van der Waals surface area contributed by atoms with E-state index < -0.39 is 0 Å². The number of likely N-dealkylation sites (N-methyl/N-ethyl adjacent to an activating group) is 1. The molecular formula is C20H24N2O2. The molecule has 4 nitrogen and oxygen atoms in total. The second-order valence-electron chi connectivity index (χ2n) is 7.14. The predicted molar refractivity (Wildman–Crippen MR) is 93.4 cm³/mol. The molecule has 1 aromatic carbocycles. The molecule has 0 saturated carbocycles. The highest BCUT2D eigenvalue weighted by atomic mass is 16.3. The molecule has 0 radical (unpaired) electrons. The minimum absolute atomic E-state index is 0.159. The Kier molecular flexibility index (Phi) is 3.93. The Morgan fingerprint density at radius 2 is 1.96 bits per heavy atom. The van der Waals surface area contributed by atoms with Crippen LogP contribution in [0.5, 0.6) is 0 Å². The first kappa shape index (κ1) is 15.5. The molecule has 1 amide bonds. The van der Waals surface area contributed by atoms with Gasteiger partial charge in [-0.15, -0.1) is 0 Å². The van der Waals surface area contributed by atoms with E-state index in [1.54, 1.807) is 0 Å². The Morgan fingerprint density at radius 1 is 1.12 bits per heavy atom. The van der Waals surface area contributed by atoms with Crippen LogP contribution in [0.1, 0.15) is 24.2 Å². The fourth-order valence-corrected chi connectivity index (χ4v) is 4.09. The topological polar surface area (TPSA) is 36.7 Å². The SMILES string of the molecule is Cc1ccc(-c2ccccc2CN2C[C@@H]3CC[C@H](C2)N(C)C3=O)o1. The van der Waals surface area contributed by atoms with E-state index in [0.717, 1.165) is 49.6 Å². The second kappa shape index (κ2) is 6.10. The lowest BCUT2D eigenvalue weighted by Crippen LogP contribution is -2.45. The number of piperidine rings is 1. The van der Waals surface area contributed by atoms with E-state index in [2.05, 4.69) is 29.2 Å². The van der Waals surface area contributed by atoms with Crippen LogP contribution in [0, 0.1) is 12.8 Å². The number of nitrogens with zero attached hydrogens (tertiary/aromatic N) is 2. The quantitative estimate of drug-likeness (QED) is 0.869. The van der Waals surface area contributed by atoms with Gasteiger partial charge >= 0.3 is 0 Å². The van der Waals surface area contributed by atoms with Crippen LogP contribution in [0.3, 0.4) is 0 Å². The van der Waals surface area contributed by atoms with Gasteiger partial charge in [0.05, 0.1) is 5.92 Å². The van der Waals surface area contributed by atoms with E-state index in [1.807, 2.05) is 31.0 Å². The van der Waals surface area contributed by atoms with Gasteiger partial charge in [0.1, 0.15) is 11.5 Å². The molecule has 0 spiro atoms. The van der Waals surface area contributed by atoms with Crippen molar-refractivity contribution in [3.05, 3.63) is 47.7 Å². The summed E-state index contributed by atoms with van der Waals surface area (Å²) in [6.07, 6.45) is 2.16. The average Bonchev–Trinajstić information content (AvgIpc) is 2.85. The number of furan rings is 1. The van der Waals surface area contributed by atoms with Crippen LogP contribution in [0.4, 0.5) is 0 Å². The average molecular weight is 324 g/mol. The van der Waals surface area contributed by atoms with Crippen LogP contribution in [0.15, 0.2) is 40.8 Å². The molecule has 3 fully saturated rings. The standard InChI is InChI=1S/C20H24N2O2/c1-14-7-10-19(24-14)18-6-4-3-5-15(18)11-22-12-16-8-9-17(13-22)21(2)20(16)23/h3-7,10,16-17H,8-9,11-13H2,1-2H3/t16-,17+/m0/s1. The summed E-state index contributed by atoms with van der Waals surface area (Å²) in [5, 5.41) is 0. The van der Waals surface area contributed by atoms with Crippen LogP contribution < -0.4 is 0 Å². The van der Waals surface area contributed by atoms with Gasteiger partial charge in [0, 0.05) is 38.3 Å². The van der Waals surface area contributed by atoms with Gasteiger partial charge in [0.15, 0.2) is 0 Å². The van der Waals surface area contributed by atoms with Gasteiger partial charge in [0.2, 0.25) is 5.91 Å². The summed E-state index contributed by atoms with van der Waals surface area (Å²) in [7, 11) is 1.96. The molecule has 1 aromatic heterocycles. The maximum Gasteiger partial charge on any atom is 0.227 e. The lowest BCUT2D eigenvalue weighted by molar-refractivity contribution is -0.138. The molecule has 0 unspecified atom stereocenters. The third-order valence-electron chi connectivity index (χ3n) is 5.46. The first-order valence-electron chi connectivity index (χ1n) is 8.75. The Labute approximate surface area is 143 Å². The number of rotatable bonds is 3. The summed E-state index contributed by atoms with van der Waals surface area (Å²) in [5.74, 6) is 2.34. The zero-order valence-electron chi connectivity index (χ0n) is 14.4. The highest BCUT2D eigenvalue weighted by Crippen LogP contribution is 2.31. The fourth-order valence-electron chi connectivity index (χ4n) is 4.09. The molecule has 0 N–H and O–H groups in total. The predicted octanol–water partition coefficient (Wildman–Crippen LogP) is 3.31. The van der Waals surface area contributed by atoms with Gasteiger partial charge in [0.25, 0.3) is 0 Å². The fraction of sp³-hybridized carbons (Fsp3) is 0.450. The molecule has 0 aliphatic carbocycles. The van der Waals surface area contributed by atoms with Gasteiger partial charge in [-0.1, -0.05) is 24.3 Å². The first-order chi connectivity index (χ1) is 11.6. The van der Waals surface area contributed by atoms with E-state index in [1.165, 1.54) is 5.56 Å². The van der Waals surface area contributed by atoms with E-state index in [-0.39, 0.29) is 5.92 Å². The van der Waals surface area contributed by atoms with Crippen molar-refractivity contribution < 1.29 is 9.21 Å². The minimum Gasteiger partial charge on any atom is -0.461 e. The summed E-state index contributed by atoms with van der Waals surface area (Å²) < 4.78 is 5.83. The monoisotopic (exact) mass is 324 g/mol. The highest BCUT2D eigenvalue weighted by Gasteiger charge is 2.38. The number of amides is 1. The van der Waals surface area contributed by atoms with Crippen molar-refractivity contribution in [2.24, 2.45) is 5.92 Å². The zero-order valence-corrected chi connectivity index (χ0v) is 14.4. The molecule has 4 heterocycles. The molecule has 5 rings (SSSR count). The number of hydrogen-bond acceptors (Lipinski definition) is 3. The Bertz CT molecular complexity index is 752. The zero-order chi connectivity index (χ0) is 16.7. The van der Waals surface area contributed by atoms with Crippen molar-refractivity contribution in [1.82, 2.24) is 9.80 Å². The molecule has 2 bridgehead atoms. The van der Waals surface area contributed by atoms with Crippen molar-refractivity contribution in [3.8, 4) is 11.3 Å². The molecule has 24 heavy (non-hydrogen) atoms. The van der Waals surface area contributed by atoms with Crippen LogP contribution in [-0.4, -0.2) is 41.9 Å². The number of carbonyl (C=O) groups is 1. The van der Waals surface area contributed by atoms with Gasteiger partial charge in [-0.2, -0.15) is 0 Å². The highest BCUT2D eigenvalue weighted by molar-refractivity contribution is 5.80. The summed E-state index contributed by atoms with van der Waals surface area (Å²) >= 11 is 0. The van der Waals surface area contributed by atoms with Gasteiger partial charge in [-0.25, -0.2) is 0 Å². The van der Waals surface area contributed by atoms with E-state index in [4.69, 9.17) is 4.42 Å². The molecule has 2 aromatic rings. The van der Waals surface area contributed by atoms with Crippen molar-refractivity contribution in [2.45, 2.75) is 32.4 Å². The van der Waals surface area contributed by atoms with Crippen molar-refractivity contribution in [2.75, 3.05) is 20.1 Å². The van der Waals surface area contributed by atoms with Crippen LogP contribution in [-0.2, 0) is 11.3 Å². The lowest BCUT2D eigenvalue weighted by atomic mass is 9.95. The van der Waals surface area contributed by atoms with E-state index in [9.17, 15) is 4.79 Å². The lowest BCUT2D eigenvalue weighted by Gasteiger charge is -2.32. The van der Waals surface area contributed by atoms with Crippen LogP contribution >= 0.6 is 0 Å². The van der Waals surface area contributed by atoms with E-state index in [0.29, 0.717) is 11.9 Å². The second-order valence-corrected chi connectivity index (χ2v) is 7.14. The molecule has 3 aliphatic rings. The molecule has 2 atom stereocenters. The van der Waals surface area contributed by atoms with E-state index >= 15 is 0 Å². The number of hydrogen-bond donors (Lipinski definition) is 0. The number of carbonyl (C=O) groups excluding carboxylic acids is 1. The van der Waals surface area contributed by atoms with Crippen molar-refractivity contribution >= 4 is 5.91 Å². The summed E-state index contributed by atoms with van der Waals surface area (Å²) in [6, 6.07) is 12.8. The molecule has 3 aliphatic heterocycles. The number of fused-ring (bicyclic) bond motifs is 4. The first-order valence-corrected chi connectivity index (χ1v) is 8.75. The van der Waals surface area contributed by atoms with Gasteiger partial charge in [-0.3, -0.25) is 9.69 Å². The molecule has 3 saturated heterocycles. The largest absolute Gasteiger partial charge is 0.461 e. The number of benzene rings is 1. The summed E-state index contributed by atoms with van der Waals surface area (Å²) in [6.45, 7) is 4.67. The smallest absolute Gasteiger partial charge is 0.227 e. The molecule has 4 heteroatoms. The van der Waals surface area contributed by atoms with Crippen LogP contribution in [0.2, 0.25) is 0 Å². The Morgan fingerprint density at radius 3 is 2.75 bits per heavy atom. The normalized spacial score (nSPS) is 24.4. The van der Waals surface area contributed by atoms with Gasteiger partial charge < -0.3 is 9.32 Å². The van der Waals surface area contributed by atoms with Crippen molar-refractivity contribution in [3.63, 3.8) is 0 Å². The molecule has 126 valence electrons. The number of aryl methyl sites for hydroxylation is 1. The minimum atomic E-state index is 0.159.